The highest BCUT2D eigenvalue weighted by molar-refractivity contribution is 7.87. The van der Waals surface area contributed by atoms with Crippen LogP contribution in [0, 0.1) is 11.3 Å². The maximum atomic E-state index is 11.7. The lowest BCUT2D eigenvalue weighted by atomic mass is 10.1. The second kappa shape index (κ2) is 4.96. The molecule has 0 saturated carbocycles. The Balaban J connectivity index is 2.55. The Hall–Kier alpha value is -1.59. The van der Waals surface area contributed by atoms with Gasteiger partial charge in [0.1, 0.15) is 5.60 Å². The first-order valence-electron chi connectivity index (χ1n) is 5.22. The molecule has 1 aliphatic rings. The van der Waals surface area contributed by atoms with Crippen LogP contribution in [0.4, 0.5) is 4.79 Å². The molecule has 7 nitrogen and oxygen atoms in total. The predicted octanol–water partition coefficient (Wildman–Crippen LogP) is 0.521. The van der Waals surface area contributed by atoms with Crippen molar-refractivity contribution in [3.8, 4) is 6.07 Å². The van der Waals surface area contributed by atoms with Crippen LogP contribution in [0.1, 0.15) is 20.8 Å². The van der Waals surface area contributed by atoms with E-state index in [4.69, 9.17) is 10.00 Å². The Labute approximate surface area is 106 Å². The largest absolute Gasteiger partial charge is 0.443 e. The van der Waals surface area contributed by atoms with Crippen molar-refractivity contribution in [3.05, 3.63) is 11.6 Å². The fourth-order valence-electron chi connectivity index (χ4n) is 1.23. The molecule has 0 radical (unpaired) electrons. The van der Waals surface area contributed by atoms with Crippen LogP contribution in [0.25, 0.3) is 0 Å². The van der Waals surface area contributed by atoms with Crippen LogP contribution in [0.3, 0.4) is 0 Å². The summed E-state index contributed by atoms with van der Waals surface area (Å²) < 4.78 is 31.0. The highest BCUT2D eigenvalue weighted by Gasteiger charge is 2.33. The third-order valence-corrected chi connectivity index (χ3v) is 3.34. The minimum atomic E-state index is -3.89. The molecule has 0 aromatic rings. The molecular weight excluding hydrogens is 258 g/mol. The van der Waals surface area contributed by atoms with Crippen LogP contribution in [0.5, 0.6) is 0 Å². The molecular formula is C10H15N3O4S. The van der Waals surface area contributed by atoms with Gasteiger partial charge in [0.2, 0.25) is 0 Å². The first-order chi connectivity index (χ1) is 8.14. The van der Waals surface area contributed by atoms with E-state index in [1.54, 1.807) is 25.5 Å². The fourth-order valence-corrected chi connectivity index (χ4v) is 2.28. The second-order valence-corrected chi connectivity index (χ2v) is 6.48. The number of hydrogen-bond acceptors (Lipinski definition) is 5. The average Bonchev–Trinajstić information content (AvgIpc) is 2.05. The van der Waals surface area contributed by atoms with Gasteiger partial charge in [-0.2, -0.15) is 18.0 Å². The lowest BCUT2D eigenvalue weighted by molar-refractivity contribution is 0.0566. The zero-order valence-corrected chi connectivity index (χ0v) is 11.2. The summed E-state index contributed by atoms with van der Waals surface area (Å²) in [5.41, 5.74) is -0.0625. The summed E-state index contributed by atoms with van der Waals surface area (Å²) in [6.07, 6.45) is 0.277. The molecule has 0 atom stereocenters. The van der Waals surface area contributed by atoms with Crippen LogP contribution in [-0.4, -0.2) is 37.5 Å². The van der Waals surface area contributed by atoms with Crippen molar-refractivity contribution < 1.29 is 17.9 Å². The molecule has 0 aliphatic carbocycles. The molecule has 1 rings (SSSR count). The van der Waals surface area contributed by atoms with Crippen molar-refractivity contribution in [3.63, 3.8) is 0 Å². The summed E-state index contributed by atoms with van der Waals surface area (Å²) in [6, 6.07) is 1.82. The van der Waals surface area contributed by atoms with Gasteiger partial charge in [0, 0.05) is 19.2 Å². The molecule has 1 N–H and O–H groups in total. The Kier molecular flexibility index (Phi) is 3.98. The summed E-state index contributed by atoms with van der Waals surface area (Å²) in [5.74, 6) is 0. The quantitative estimate of drug-likeness (QED) is 0.739. The summed E-state index contributed by atoms with van der Waals surface area (Å²) in [4.78, 5) is 11.3. The Morgan fingerprint density at radius 3 is 2.50 bits per heavy atom. The third kappa shape index (κ3) is 4.01. The molecule has 18 heavy (non-hydrogen) atoms. The topological polar surface area (TPSA) is 99.5 Å². The molecule has 0 aromatic heterocycles. The summed E-state index contributed by atoms with van der Waals surface area (Å²) in [5, 5.41) is 8.38. The molecule has 0 unspecified atom stereocenters. The monoisotopic (exact) mass is 273 g/mol. The van der Waals surface area contributed by atoms with Crippen LogP contribution in [0.2, 0.25) is 0 Å². The van der Waals surface area contributed by atoms with Crippen molar-refractivity contribution in [1.82, 2.24) is 9.03 Å². The third-order valence-electron chi connectivity index (χ3n) is 1.98. The lowest BCUT2D eigenvalue weighted by Gasteiger charge is -2.32. The van der Waals surface area contributed by atoms with Crippen molar-refractivity contribution in [2.45, 2.75) is 26.4 Å². The number of nitrogens with zero attached hydrogens (tertiary/aromatic N) is 2. The number of nitriles is 1. The Morgan fingerprint density at radius 2 is 2.06 bits per heavy atom. The molecule has 1 amide bonds. The van der Waals surface area contributed by atoms with Gasteiger partial charge in [0.25, 0.3) is 0 Å². The lowest BCUT2D eigenvalue weighted by Crippen LogP contribution is -2.52. The van der Waals surface area contributed by atoms with Crippen molar-refractivity contribution >= 4 is 16.3 Å². The maximum absolute atomic E-state index is 11.7. The number of carbonyl (C=O) groups is 1. The minimum Gasteiger partial charge on any atom is -0.443 e. The summed E-state index contributed by atoms with van der Waals surface area (Å²) >= 11 is 0. The number of hydrogen-bond donors (Lipinski definition) is 1. The second-order valence-electron chi connectivity index (χ2n) is 4.81. The predicted molar refractivity (Wildman–Crippen MR) is 63.6 cm³/mol. The molecule has 1 heterocycles. The first-order valence-corrected chi connectivity index (χ1v) is 6.66. The number of carbonyl (C=O) groups excluding carboxylic acids is 1. The van der Waals surface area contributed by atoms with E-state index < -0.39 is 21.9 Å². The zero-order chi connectivity index (χ0) is 14.0. The van der Waals surface area contributed by atoms with Crippen LogP contribution < -0.4 is 4.72 Å². The number of allylic oxidation sites excluding steroid dienone is 1. The highest BCUT2D eigenvalue weighted by Crippen LogP contribution is 2.17. The first kappa shape index (κ1) is 14.5. The van der Waals surface area contributed by atoms with E-state index in [-0.39, 0.29) is 13.1 Å². The zero-order valence-electron chi connectivity index (χ0n) is 10.4. The van der Waals surface area contributed by atoms with Gasteiger partial charge < -0.3 is 4.74 Å². The molecule has 1 saturated heterocycles. The molecule has 1 fully saturated rings. The number of rotatable bonds is 2. The van der Waals surface area contributed by atoms with Gasteiger partial charge in [0.15, 0.2) is 0 Å². The SMILES string of the molecule is CC(C)(C)OC(=O)NS(=O)(=O)N1CC(=CC#N)C1. The van der Waals surface area contributed by atoms with Crippen molar-refractivity contribution in [1.29, 1.82) is 5.26 Å². The van der Waals surface area contributed by atoms with E-state index in [2.05, 4.69) is 0 Å². The smallest absolute Gasteiger partial charge is 0.422 e. The number of nitrogens with one attached hydrogen (secondary N) is 1. The van der Waals surface area contributed by atoms with Crippen LogP contribution in [-0.2, 0) is 14.9 Å². The normalized spacial score (nSPS) is 16.4. The average molecular weight is 273 g/mol. The van der Waals surface area contributed by atoms with E-state index >= 15 is 0 Å². The summed E-state index contributed by atoms with van der Waals surface area (Å²) in [6.45, 7) is 5.14. The molecule has 0 spiro atoms. The standard InChI is InChI=1S/C10H15N3O4S/c1-10(2,3)17-9(14)12-18(15,16)13-6-8(7-13)4-5-11/h4H,6-7H2,1-3H3,(H,12,14). The minimum absolute atomic E-state index is 0.117. The maximum Gasteiger partial charge on any atom is 0.422 e. The van der Waals surface area contributed by atoms with Gasteiger partial charge in [-0.15, -0.1) is 0 Å². The van der Waals surface area contributed by atoms with Gasteiger partial charge in [-0.1, -0.05) is 0 Å². The molecule has 8 heteroatoms. The molecule has 0 bridgehead atoms. The van der Waals surface area contributed by atoms with Crippen molar-refractivity contribution in [2.75, 3.05) is 13.1 Å². The van der Waals surface area contributed by atoms with E-state index in [9.17, 15) is 13.2 Å². The van der Waals surface area contributed by atoms with Crippen LogP contribution in [0.15, 0.2) is 11.6 Å². The fraction of sp³-hybridized carbons (Fsp3) is 0.600. The van der Waals surface area contributed by atoms with E-state index in [0.29, 0.717) is 5.57 Å². The van der Waals surface area contributed by atoms with E-state index in [1.807, 2.05) is 6.07 Å². The molecule has 100 valence electrons. The molecule has 0 aromatic carbocycles. The summed E-state index contributed by atoms with van der Waals surface area (Å²) in [7, 11) is -3.89. The number of ether oxygens (including phenoxy) is 1. The van der Waals surface area contributed by atoms with Gasteiger partial charge >= 0.3 is 16.3 Å². The van der Waals surface area contributed by atoms with Gasteiger partial charge in [0.05, 0.1) is 6.07 Å². The highest BCUT2D eigenvalue weighted by atomic mass is 32.2. The Bertz CT molecular complexity index is 502. The van der Waals surface area contributed by atoms with Crippen LogP contribution >= 0.6 is 0 Å². The van der Waals surface area contributed by atoms with Gasteiger partial charge in [-0.3, -0.25) is 0 Å². The molecule has 1 aliphatic heterocycles. The van der Waals surface area contributed by atoms with Gasteiger partial charge in [-0.05, 0) is 26.3 Å². The van der Waals surface area contributed by atoms with Gasteiger partial charge in [-0.25, -0.2) is 9.52 Å². The number of amides is 1. The van der Waals surface area contributed by atoms with E-state index in [1.165, 1.54) is 6.08 Å². The van der Waals surface area contributed by atoms with E-state index in [0.717, 1.165) is 4.31 Å². The Morgan fingerprint density at radius 1 is 1.50 bits per heavy atom. The van der Waals surface area contributed by atoms with Crippen molar-refractivity contribution in [2.24, 2.45) is 0 Å².